The fourth-order valence-corrected chi connectivity index (χ4v) is 1.72. The number of aliphatic hydroxyl groups is 1. The normalized spacial score (nSPS) is 14.4. The first-order chi connectivity index (χ1) is 7.77. The highest BCUT2D eigenvalue weighted by atomic mass is 16.3. The van der Waals surface area contributed by atoms with E-state index in [4.69, 9.17) is 5.73 Å². The molecule has 0 aliphatic heterocycles. The van der Waals surface area contributed by atoms with Gasteiger partial charge >= 0.3 is 0 Å². The fraction of sp³-hybridized carbons (Fsp3) is 0.154. The van der Waals surface area contributed by atoms with Gasteiger partial charge in [-0.1, -0.05) is 36.4 Å². The standard InChI is InChI=1S/C13H14N2O/c14-10-13(16,11-5-2-1-3-6-11)12-7-4-8-15-9-12/h1-9,16H,10,14H2. The van der Waals surface area contributed by atoms with Gasteiger partial charge in [0.25, 0.3) is 0 Å². The first-order valence-electron chi connectivity index (χ1n) is 5.16. The lowest BCUT2D eigenvalue weighted by Crippen LogP contribution is -2.36. The fourth-order valence-electron chi connectivity index (χ4n) is 1.72. The summed E-state index contributed by atoms with van der Waals surface area (Å²) in [7, 11) is 0. The van der Waals surface area contributed by atoms with E-state index in [0.29, 0.717) is 5.56 Å². The molecule has 82 valence electrons. The van der Waals surface area contributed by atoms with Crippen molar-refractivity contribution < 1.29 is 5.11 Å². The molecule has 0 saturated carbocycles. The lowest BCUT2D eigenvalue weighted by molar-refractivity contribution is 0.0898. The van der Waals surface area contributed by atoms with Gasteiger partial charge in [-0.2, -0.15) is 0 Å². The Balaban J connectivity index is 2.49. The quantitative estimate of drug-likeness (QED) is 0.809. The topological polar surface area (TPSA) is 59.1 Å². The number of nitrogens with two attached hydrogens (primary N) is 1. The van der Waals surface area contributed by atoms with Crippen molar-refractivity contribution in [2.24, 2.45) is 5.73 Å². The van der Waals surface area contributed by atoms with Crippen molar-refractivity contribution in [3.05, 3.63) is 66.0 Å². The predicted molar refractivity (Wildman–Crippen MR) is 62.7 cm³/mol. The van der Waals surface area contributed by atoms with Crippen LogP contribution in [0, 0.1) is 0 Å². The van der Waals surface area contributed by atoms with E-state index in [0.717, 1.165) is 5.56 Å². The molecule has 0 saturated heterocycles. The number of nitrogens with zero attached hydrogens (tertiary/aromatic N) is 1. The van der Waals surface area contributed by atoms with Gasteiger partial charge in [-0.3, -0.25) is 4.98 Å². The molecule has 3 nitrogen and oxygen atoms in total. The van der Waals surface area contributed by atoms with E-state index in [9.17, 15) is 5.11 Å². The van der Waals surface area contributed by atoms with Crippen molar-refractivity contribution in [3.63, 3.8) is 0 Å². The van der Waals surface area contributed by atoms with Crippen LogP contribution < -0.4 is 5.73 Å². The zero-order valence-corrected chi connectivity index (χ0v) is 8.88. The van der Waals surface area contributed by atoms with E-state index in [1.54, 1.807) is 18.5 Å². The molecule has 1 unspecified atom stereocenters. The molecule has 3 heteroatoms. The van der Waals surface area contributed by atoms with Gasteiger partial charge in [0.15, 0.2) is 0 Å². The van der Waals surface area contributed by atoms with Gasteiger partial charge < -0.3 is 10.8 Å². The molecule has 3 N–H and O–H groups in total. The zero-order valence-electron chi connectivity index (χ0n) is 8.88. The molecule has 1 aromatic heterocycles. The molecule has 2 aromatic rings. The highest BCUT2D eigenvalue weighted by molar-refractivity contribution is 5.34. The van der Waals surface area contributed by atoms with Gasteiger partial charge in [-0.05, 0) is 11.6 Å². The summed E-state index contributed by atoms with van der Waals surface area (Å²) in [6, 6.07) is 13.0. The third kappa shape index (κ3) is 1.83. The van der Waals surface area contributed by atoms with E-state index in [-0.39, 0.29) is 6.54 Å². The lowest BCUT2D eigenvalue weighted by Gasteiger charge is -2.27. The van der Waals surface area contributed by atoms with Crippen LogP contribution >= 0.6 is 0 Å². The minimum atomic E-state index is -1.16. The molecule has 16 heavy (non-hydrogen) atoms. The Morgan fingerprint density at radius 3 is 2.31 bits per heavy atom. The first-order valence-corrected chi connectivity index (χ1v) is 5.16. The Hall–Kier alpha value is -1.71. The van der Waals surface area contributed by atoms with Gasteiger partial charge in [-0.25, -0.2) is 0 Å². The van der Waals surface area contributed by atoms with Gasteiger partial charge in [0, 0.05) is 24.5 Å². The number of pyridine rings is 1. The van der Waals surface area contributed by atoms with E-state index in [2.05, 4.69) is 4.98 Å². The summed E-state index contributed by atoms with van der Waals surface area (Å²) in [6.45, 7) is 0.128. The molecule has 0 radical (unpaired) electrons. The largest absolute Gasteiger partial charge is 0.379 e. The number of hydrogen-bond acceptors (Lipinski definition) is 3. The van der Waals surface area contributed by atoms with Crippen LogP contribution in [0.5, 0.6) is 0 Å². The van der Waals surface area contributed by atoms with Crippen LogP contribution in [0.2, 0.25) is 0 Å². The average Bonchev–Trinajstić information content (AvgIpc) is 2.40. The van der Waals surface area contributed by atoms with Crippen molar-refractivity contribution in [2.45, 2.75) is 5.60 Å². The van der Waals surface area contributed by atoms with Gasteiger partial charge in [0.2, 0.25) is 0 Å². The molecular weight excluding hydrogens is 200 g/mol. The second kappa shape index (κ2) is 4.43. The lowest BCUT2D eigenvalue weighted by atomic mass is 9.87. The molecule has 0 amide bonds. The van der Waals surface area contributed by atoms with E-state index in [1.807, 2.05) is 36.4 Å². The van der Waals surface area contributed by atoms with Crippen molar-refractivity contribution in [1.82, 2.24) is 4.98 Å². The SMILES string of the molecule is NCC(O)(c1ccccc1)c1cccnc1. The van der Waals surface area contributed by atoms with Crippen molar-refractivity contribution in [2.75, 3.05) is 6.54 Å². The smallest absolute Gasteiger partial charge is 0.128 e. The van der Waals surface area contributed by atoms with Crippen LogP contribution in [0.1, 0.15) is 11.1 Å². The van der Waals surface area contributed by atoms with Crippen LogP contribution in [0.4, 0.5) is 0 Å². The Bertz CT molecular complexity index is 403. The Labute approximate surface area is 94.6 Å². The zero-order chi connectivity index (χ0) is 11.4. The van der Waals surface area contributed by atoms with E-state index < -0.39 is 5.60 Å². The number of rotatable bonds is 3. The Kier molecular flexibility index (Phi) is 2.99. The summed E-state index contributed by atoms with van der Waals surface area (Å²) in [5.41, 5.74) is 6.03. The number of benzene rings is 1. The molecule has 0 spiro atoms. The van der Waals surface area contributed by atoms with Crippen LogP contribution in [-0.2, 0) is 5.60 Å². The highest BCUT2D eigenvalue weighted by Gasteiger charge is 2.29. The molecule has 0 aliphatic carbocycles. The maximum Gasteiger partial charge on any atom is 0.128 e. The highest BCUT2D eigenvalue weighted by Crippen LogP contribution is 2.27. The summed E-state index contributed by atoms with van der Waals surface area (Å²) < 4.78 is 0. The molecule has 0 aliphatic rings. The molecule has 2 rings (SSSR count). The van der Waals surface area contributed by atoms with Crippen molar-refractivity contribution >= 4 is 0 Å². The molecule has 1 heterocycles. The summed E-state index contributed by atoms with van der Waals surface area (Å²) in [4.78, 5) is 4.01. The van der Waals surface area contributed by atoms with Gasteiger partial charge in [-0.15, -0.1) is 0 Å². The minimum absolute atomic E-state index is 0.128. The second-order valence-corrected chi connectivity index (χ2v) is 3.67. The summed E-state index contributed by atoms with van der Waals surface area (Å²) in [6.07, 6.45) is 3.31. The van der Waals surface area contributed by atoms with Gasteiger partial charge in [0.05, 0.1) is 0 Å². The minimum Gasteiger partial charge on any atom is -0.379 e. The van der Waals surface area contributed by atoms with Crippen LogP contribution in [0.25, 0.3) is 0 Å². The van der Waals surface area contributed by atoms with Crippen molar-refractivity contribution in [1.29, 1.82) is 0 Å². The predicted octanol–water partition coefficient (Wildman–Crippen LogP) is 1.28. The van der Waals surface area contributed by atoms with Crippen LogP contribution in [0.15, 0.2) is 54.9 Å². The molecular formula is C13H14N2O. The maximum atomic E-state index is 10.6. The van der Waals surface area contributed by atoms with Gasteiger partial charge in [0.1, 0.15) is 5.60 Å². The first kappa shape index (κ1) is 10.8. The molecule has 1 aromatic carbocycles. The third-order valence-corrected chi connectivity index (χ3v) is 2.69. The Morgan fingerprint density at radius 2 is 1.75 bits per heavy atom. The van der Waals surface area contributed by atoms with E-state index >= 15 is 0 Å². The van der Waals surface area contributed by atoms with Crippen LogP contribution in [0.3, 0.4) is 0 Å². The molecule has 0 fully saturated rings. The number of hydrogen-bond donors (Lipinski definition) is 2. The summed E-state index contributed by atoms with van der Waals surface area (Å²) >= 11 is 0. The second-order valence-electron chi connectivity index (χ2n) is 3.67. The summed E-state index contributed by atoms with van der Waals surface area (Å²) in [5.74, 6) is 0. The van der Waals surface area contributed by atoms with Crippen LogP contribution in [-0.4, -0.2) is 16.6 Å². The third-order valence-electron chi connectivity index (χ3n) is 2.69. The monoisotopic (exact) mass is 214 g/mol. The number of aromatic nitrogens is 1. The molecule has 0 bridgehead atoms. The molecule has 1 atom stereocenters. The Morgan fingerprint density at radius 1 is 1.06 bits per heavy atom. The maximum absolute atomic E-state index is 10.6. The average molecular weight is 214 g/mol. The van der Waals surface area contributed by atoms with Crippen molar-refractivity contribution in [3.8, 4) is 0 Å². The van der Waals surface area contributed by atoms with E-state index in [1.165, 1.54) is 0 Å². The summed E-state index contributed by atoms with van der Waals surface area (Å²) in [5, 5.41) is 10.6.